The number of halogens is 1. The van der Waals surface area contributed by atoms with E-state index >= 15 is 0 Å². The lowest BCUT2D eigenvalue weighted by atomic mass is 9.61. The average Bonchev–Trinajstić information content (AvgIpc) is 3.04. The average molecular weight is 350 g/mol. The first kappa shape index (κ1) is 15.6. The van der Waals surface area contributed by atoms with Crippen molar-refractivity contribution >= 4 is 29.0 Å². The van der Waals surface area contributed by atoms with Crippen LogP contribution in [0.15, 0.2) is 12.4 Å². The summed E-state index contributed by atoms with van der Waals surface area (Å²) in [6.45, 7) is 2.25. The van der Waals surface area contributed by atoms with E-state index in [1.807, 2.05) is 6.92 Å². The number of hydrogen-bond donors (Lipinski definition) is 1. The van der Waals surface area contributed by atoms with Gasteiger partial charge in [-0.1, -0.05) is 0 Å². The van der Waals surface area contributed by atoms with Gasteiger partial charge in [-0.05, 0) is 56.0 Å². The zero-order valence-electron chi connectivity index (χ0n) is 13.5. The van der Waals surface area contributed by atoms with E-state index < -0.39 is 0 Å². The Labute approximate surface area is 144 Å². The largest absolute Gasteiger partial charge is 0.466 e. The van der Waals surface area contributed by atoms with Crippen molar-refractivity contribution in [1.82, 2.24) is 19.6 Å². The molecule has 3 fully saturated rings. The highest BCUT2D eigenvalue weighted by Gasteiger charge is 2.48. The van der Waals surface area contributed by atoms with Crippen LogP contribution in [0.1, 0.15) is 32.6 Å². The number of anilines is 1. The molecule has 1 N–H and O–H groups in total. The third kappa shape index (κ3) is 2.60. The Morgan fingerprint density at radius 3 is 2.88 bits per heavy atom. The van der Waals surface area contributed by atoms with E-state index in [2.05, 4.69) is 20.4 Å². The van der Waals surface area contributed by atoms with Crippen molar-refractivity contribution in [2.24, 2.45) is 17.8 Å². The van der Waals surface area contributed by atoms with Gasteiger partial charge in [-0.15, -0.1) is 5.10 Å². The Bertz CT molecular complexity index is 756. The first-order valence-electron chi connectivity index (χ1n) is 8.47. The van der Waals surface area contributed by atoms with Gasteiger partial charge in [0, 0.05) is 18.4 Å². The normalized spacial score (nSPS) is 28.9. The maximum absolute atomic E-state index is 12.5. The van der Waals surface area contributed by atoms with Crippen LogP contribution in [0.25, 0.3) is 5.65 Å². The second-order valence-electron chi connectivity index (χ2n) is 6.55. The lowest BCUT2D eigenvalue weighted by Crippen LogP contribution is -2.52. The Kier molecular flexibility index (Phi) is 4.04. The summed E-state index contributed by atoms with van der Waals surface area (Å²) in [7, 11) is 0. The molecule has 0 saturated heterocycles. The first-order valence-corrected chi connectivity index (χ1v) is 8.85. The van der Waals surface area contributed by atoms with Crippen molar-refractivity contribution in [3.05, 3.63) is 17.7 Å². The third-order valence-corrected chi connectivity index (χ3v) is 5.47. The number of aromatic nitrogens is 4. The fourth-order valence-electron chi connectivity index (χ4n) is 4.29. The van der Waals surface area contributed by atoms with E-state index in [1.54, 1.807) is 16.9 Å². The van der Waals surface area contributed by atoms with Gasteiger partial charge in [0.15, 0.2) is 11.5 Å². The number of esters is 1. The molecule has 5 rings (SSSR count). The smallest absolute Gasteiger partial charge is 0.311 e. The summed E-state index contributed by atoms with van der Waals surface area (Å²) in [5.74, 6) is 1.14. The quantitative estimate of drug-likeness (QED) is 0.854. The number of hydrogen-bond acceptors (Lipinski definition) is 6. The predicted octanol–water partition coefficient (Wildman–Crippen LogP) is 2.56. The fraction of sp³-hybridized carbons (Fsp3) is 0.625. The SMILES string of the molecule is CCOC(=O)[C@H]1C2CCC(CC2)[C@@H]1Nc1nc(Cl)nn2ccnc12. The first-order chi connectivity index (χ1) is 11.7. The molecule has 2 bridgehead atoms. The molecule has 3 aliphatic carbocycles. The van der Waals surface area contributed by atoms with Crippen molar-refractivity contribution in [2.75, 3.05) is 11.9 Å². The van der Waals surface area contributed by atoms with Crippen LogP contribution in [-0.4, -0.2) is 38.2 Å². The van der Waals surface area contributed by atoms with Gasteiger partial charge in [0.2, 0.25) is 5.28 Å². The summed E-state index contributed by atoms with van der Waals surface area (Å²) in [6.07, 6.45) is 7.82. The van der Waals surface area contributed by atoms with Crippen LogP contribution in [0.2, 0.25) is 5.28 Å². The molecule has 0 amide bonds. The molecular formula is C16H20ClN5O2. The van der Waals surface area contributed by atoms with Crippen molar-refractivity contribution in [1.29, 1.82) is 0 Å². The maximum atomic E-state index is 12.5. The fourth-order valence-corrected chi connectivity index (χ4v) is 4.46. The van der Waals surface area contributed by atoms with Gasteiger partial charge < -0.3 is 10.1 Å². The Hall–Kier alpha value is -1.89. The number of imidazole rings is 1. The van der Waals surface area contributed by atoms with E-state index in [-0.39, 0.29) is 23.2 Å². The molecule has 2 atom stereocenters. The van der Waals surface area contributed by atoms with E-state index in [4.69, 9.17) is 16.3 Å². The number of carbonyl (C=O) groups is 1. The summed E-state index contributed by atoms with van der Waals surface area (Å²) in [5, 5.41) is 7.70. The minimum absolute atomic E-state index is 0.00279. The van der Waals surface area contributed by atoms with Crippen LogP contribution in [0.3, 0.4) is 0 Å². The van der Waals surface area contributed by atoms with Crippen LogP contribution in [-0.2, 0) is 9.53 Å². The molecule has 0 spiro atoms. The van der Waals surface area contributed by atoms with Crippen LogP contribution in [0, 0.1) is 17.8 Å². The predicted molar refractivity (Wildman–Crippen MR) is 88.8 cm³/mol. The molecule has 3 saturated carbocycles. The number of nitrogens with one attached hydrogen (secondary N) is 1. The Balaban J connectivity index is 1.67. The summed E-state index contributed by atoms with van der Waals surface area (Å²) >= 11 is 6.02. The zero-order chi connectivity index (χ0) is 16.7. The zero-order valence-corrected chi connectivity index (χ0v) is 14.2. The molecule has 2 heterocycles. The van der Waals surface area contributed by atoms with Gasteiger partial charge in [0.05, 0.1) is 12.5 Å². The monoisotopic (exact) mass is 349 g/mol. The minimum Gasteiger partial charge on any atom is -0.466 e. The van der Waals surface area contributed by atoms with Crippen molar-refractivity contribution in [3.63, 3.8) is 0 Å². The molecule has 8 heteroatoms. The Morgan fingerprint density at radius 1 is 1.38 bits per heavy atom. The van der Waals surface area contributed by atoms with Crippen LogP contribution in [0.5, 0.6) is 0 Å². The number of ether oxygens (including phenoxy) is 1. The van der Waals surface area contributed by atoms with Gasteiger partial charge in [-0.2, -0.15) is 4.98 Å². The van der Waals surface area contributed by atoms with E-state index in [0.29, 0.717) is 29.9 Å². The van der Waals surface area contributed by atoms with E-state index in [0.717, 1.165) is 25.7 Å². The molecule has 0 aromatic carbocycles. The summed E-state index contributed by atoms with van der Waals surface area (Å²) < 4.78 is 6.93. The number of rotatable bonds is 4. The minimum atomic E-state index is -0.138. The highest BCUT2D eigenvalue weighted by atomic mass is 35.5. The molecule has 128 valence electrons. The molecule has 0 aliphatic heterocycles. The van der Waals surface area contributed by atoms with Crippen molar-refractivity contribution in [3.8, 4) is 0 Å². The number of nitrogens with zero attached hydrogens (tertiary/aromatic N) is 4. The molecule has 2 aromatic heterocycles. The molecular weight excluding hydrogens is 330 g/mol. The molecule has 0 radical (unpaired) electrons. The molecule has 2 aromatic rings. The van der Waals surface area contributed by atoms with E-state index in [9.17, 15) is 4.79 Å². The van der Waals surface area contributed by atoms with Crippen molar-refractivity contribution < 1.29 is 9.53 Å². The van der Waals surface area contributed by atoms with Gasteiger partial charge >= 0.3 is 5.97 Å². The lowest BCUT2D eigenvalue weighted by molar-refractivity contribution is -0.154. The topological polar surface area (TPSA) is 81.4 Å². The second kappa shape index (κ2) is 6.20. The van der Waals surface area contributed by atoms with E-state index in [1.165, 1.54) is 0 Å². The van der Waals surface area contributed by atoms with Crippen LogP contribution < -0.4 is 5.32 Å². The van der Waals surface area contributed by atoms with Gasteiger partial charge in [-0.3, -0.25) is 4.79 Å². The molecule has 3 aliphatic rings. The summed E-state index contributed by atoms with van der Waals surface area (Å²) in [5.41, 5.74) is 0.614. The molecule has 7 nitrogen and oxygen atoms in total. The van der Waals surface area contributed by atoms with Gasteiger partial charge in [0.25, 0.3) is 0 Å². The summed E-state index contributed by atoms with van der Waals surface area (Å²) in [4.78, 5) is 21.1. The van der Waals surface area contributed by atoms with Crippen LogP contribution in [0.4, 0.5) is 5.82 Å². The maximum Gasteiger partial charge on any atom is 0.311 e. The molecule has 24 heavy (non-hydrogen) atoms. The third-order valence-electron chi connectivity index (χ3n) is 5.31. The van der Waals surface area contributed by atoms with Crippen molar-refractivity contribution in [2.45, 2.75) is 38.6 Å². The van der Waals surface area contributed by atoms with Gasteiger partial charge in [0.1, 0.15) is 0 Å². The Morgan fingerprint density at radius 2 is 2.12 bits per heavy atom. The lowest BCUT2D eigenvalue weighted by Gasteiger charge is -2.47. The standard InChI is InChI=1S/C16H20ClN5O2/c1-2-24-15(23)11-9-3-5-10(6-4-9)12(11)19-13-14-18-7-8-22(14)21-16(17)20-13/h7-12H,2-6H2,1H3,(H,19,20,21)/t9?,10?,11-,12-/m0/s1. The summed E-state index contributed by atoms with van der Waals surface area (Å²) in [6, 6.07) is 0.00279. The van der Waals surface area contributed by atoms with Gasteiger partial charge in [-0.25, -0.2) is 9.50 Å². The molecule has 0 unspecified atom stereocenters. The highest BCUT2D eigenvalue weighted by molar-refractivity contribution is 6.28. The number of fused-ring (bicyclic) bond motifs is 4. The second-order valence-corrected chi connectivity index (χ2v) is 6.89. The van der Waals surface area contributed by atoms with Crippen LogP contribution >= 0.6 is 11.6 Å². The number of carbonyl (C=O) groups excluding carboxylic acids is 1. The highest BCUT2D eigenvalue weighted by Crippen LogP contribution is 2.46.